The molecule has 2 heterocycles. The molecule has 0 radical (unpaired) electrons. The van der Waals surface area contributed by atoms with Crippen molar-refractivity contribution in [3.05, 3.63) is 52.1 Å². The monoisotopic (exact) mass is 389 g/mol. The summed E-state index contributed by atoms with van der Waals surface area (Å²) in [6.07, 6.45) is 5.86. The highest BCUT2D eigenvalue weighted by Gasteiger charge is 2.15. The molecule has 5 heteroatoms. The lowest BCUT2D eigenvalue weighted by atomic mass is 10.1. The Bertz CT molecular complexity index is 886. The summed E-state index contributed by atoms with van der Waals surface area (Å²) >= 11 is 12.5. The van der Waals surface area contributed by atoms with E-state index in [4.69, 9.17) is 28.3 Å². The molecule has 1 N–H and O–H groups in total. The first-order chi connectivity index (χ1) is 12.7. The van der Waals surface area contributed by atoms with Crippen molar-refractivity contribution in [1.82, 2.24) is 9.61 Å². The van der Waals surface area contributed by atoms with Crippen molar-refractivity contribution in [1.29, 1.82) is 0 Å². The van der Waals surface area contributed by atoms with Gasteiger partial charge >= 0.3 is 0 Å². The van der Waals surface area contributed by atoms with E-state index in [1.54, 1.807) is 6.07 Å². The summed E-state index contributed by atoms with van der Waals surface area (Å²) < 4.78 is 1.99. The van der Waals surface area contributed by atoms with E-state index in [0.717, 1.165) is 41.1 Å². The lowest BCUT2D eigenvalue weighted by Crippen LogP contribution is -2.03. The van der Waals surface area contributed by atoms with Crippen LogP contribution in [0.3, 0.4) is 0 Å². The van der Waals surface area contributed by atoms with Crippen LogP contribution in [0.15, 0.2) is 36.4 Å². The zero-order chi connectivity index (χ0) is 18.5. The molecule has 0 atom stereocenters. The van der Waals surface area contributed by atoms with Crippen LogP contribution >= 0.6 is 23.2 Å². The SMILES string of the molecule is CCCCCCNc1c(CC)nn2c(-c3ccc(Cl)cc3Cl)cccc12. The summed E-state index contributed by atoms with van der Waals surface area (Å²) in [6, 6.07) is 11.8. The zero-order valence-corrected chi connectivity index (χ0v) is 16.9. The molecule has 138 valence electrons. The second-order valence-corrected chi connectivity index (χ2v) is 7.34. The summed E-state index contributed by atoms with van der Waals surface area (Å²) in [5.41, 5.74) is 5.20. The Morgan fingerprint density at radius 2 is 1.88 bits per heavy atom. The van der Waals surface area contributed by atoms with Gasteiger partial charge in [-0.15, -0.1) is 0 Å². The fourth-order valence-electron chi connectivity index (χ4n) is 3.22. The molecule has 0 aliphatic heterocycles. The number of benzene rings is 1. The Labute approximate surface area is 165 Å². The van der Waals surface area contributed by atoms with E-state index >= 15 is 0 Å². The van der Waals surface area contributed by atoms with Crippen molar-refractivity contribution in [3.63, 3.8) is 0 Å². The molecular weight excluding hydrogens is 365 g/mol. The maximum atomic E-state index is 6.44. The Morgan fingerprint density at radius 3 is 2.62 bits per heavy atom. The van der Waals surface area contributed by atoms with Gasteiger partial charge in [0.05, 0.1) is 27.6 Å². The van der Waals surface area contributed by atoms with Crippen molar-refractivity contribution in [3.8, 4) is 11.3 Å². The van der Waals surface area contributed by atoms with Gasteiger partial charge in [0.1, 0.15) is 0 Å². The minimum absolute atomic E-state index is 0.632. The topological polar surface area (TPSA) is 29.3 Å². The molecule has 26 heavy (non-hydrogen) atoms. The molecule has 0 unspecified atom stereocenters. The van der Waals surface area contributed by atoms with E-state index in [0.29, 0.717) is 10.0 Å². The number of hydrogen-bond acceptors (Lipinski definition) is 2. The van der Waals surface area contributed by atoms with Crippen molar-refractivity contribution < 1.29 is 0 Å². The minimum atomic E-state index is 0.632. The molecule has 0 amide bonds. The highest BCUT2D eigenvalue weighted by molar-refractivity contribution is 6.36. The molecule has 0 spiro atoms. The molecule has 0 fully saturated rings. The Kier molecular flexibility index (Phi) is 6.44. The lowest BCUT2D eigenvalue weighted by Gasteiger charge is -2.09. The van der Waals surface area contributed by atoms with E-state index in [1.807, 2.05) is 22.7 Å². The minimum Gasteiger partial charge on any atom is -0.382 e. The van der Waals surface area contributed by atoms with E-state index in [9.17, 15) is 0 Å². The van der Waals surface area contributed by atoms with Crippen molar-refractivity contribution in [2.45, 2.75) is 46.0 Å². The van der Waals surface area contributed by atoms with Crippen LogP contribution < -0.4 is 5.32 Å². The second kappa shape index (κ2) is 8.79. The van der Waals surface area contributed by atoms with Gasteiger partial charge in [0.2, 0.25) is 0 Å². The number of fused-ring (bicyclic) bond motifs is 1. The van der Waals surface area contributed by atoms with Gasteiger partial charge in [-0.05, 0) is 43.2 Å². The van der Waals surface area contributed by atoms with Crippen LogP contribution in [0.2, 0.25) is 10.0 Å². The van der Waals surface area contributed by atoms with Crippen LogP contribution in [0.4, 0.5) is 5.69 Å². The molecule has 2 aromatic heterocycles. The molecular formula is C21H25Cl2N3. The maximum Gasteiger partial charge on any atom is 0.0903 e. The van der Waals surface area contributed by atoms with Crippen LogP contribution in [0.25, 0.3) is 16.8 Å². The molecule has 0 saturated heterocycles. The van der Waals surface area contributed by atoms with Crippen LogP contribution in [0.5, 0.6) is 0 Å². The predicted octanol–water partition coefficient (Wildman–Crippen LogP) is 6.86. The highest BCUT2D eigenvalue weighted by atomic mass is 35.5. The number of aryl methyl sites for hydroxylation is 1. The predicted molar refractivity (Wildman–Crippen MR) is 113 cm³/mol. The van der Waals surface area contributed by atoms with Crippen LogP contribution in [-0.2, 0) is 6.42 Å². The third-order valence-electron chi connectivity index (χ3n) is 4.60. The van der Waals surface area contributed by atoms with E-state index < -0.39 is 0 Å². The van der Waals surface area contributed by atoms with E-state index in [2.05, 4.69) is 31.3 Å². The molecule has 0 saturated carbocycles. The number of anilines is 1. The smallest absolute Gasteiger partial charge is 0.0903 e. The van der Waals surface area contributed by atoms with Gasteiger partial charge in [0.15, 0.2) is 0 Å². The Hall–Kier alpha value is -1.71. The van der Waals surface area contributed by atoms with Crippen LogP contribution in [0.1, 0.15) is 45.2 Å². The second-order valence-electron chi connectivity index (χ2n) is 6.49. The number of nitrogens with zero attached hydrogens (tertiary/aromatic N) is 2. The molecule has 0 bridgehead atoms. The summed E-state index contributed by atoms with van der Waals surface area (Å²) in [4.78, 5) is 0. The number of nitrogens with one attached hydrogen (secondary N) is 1. The summed E-state index contributed by atoms with van der Waals surface area (Å²) in [6.45, 7) is 5.34. The third-order valence-corrected chi connectivity index (χ3v) is 5.15. The summed E-state index contributed by atoms with van der Waals surface area (Å²) in [7, 11) is 0. The molecule has 0 aliphatic rings. The average Bonchev–Trinajstić information content (AvgIpc) is 3.00. The van der Waals surface area contributed by atoms with Gasteiger partial charge in [0.25, 0.3) is 0 Å². The first-order valence-corrected chi connectivity index (χ1v) is 10.1. The first-order valence-electron chi connectivity index (χ1n) is 9.35. The molecule has 3 aromatic rings. The Balaban J connectivity index is 1.97. The largest absolute Gasteiger partial charge is 0.382 e. The number of halogens is 2. The van der Waals surface area contributed by atoms with E-state index in [-0.39, 0.29) is 0 Å². The highest BCUT2D eigenvalue weighted by Crippen LogP contribution is 2.33. The van der Waals surface area contributed by atoms with Gasteiger partial charge in [-0.3, -0.25) is 0 Å². The van der Waals surface area contributed by atoms with Gasteiger partial charge in [-0.1, -0.05) is 62.4 Å². The van der Waals surface area contributed by atoms with Gasteiger partial charge in [-0.25, -0.2) is 4.52 Å². The van der Waals surface area contributed by atoms with Gasteiger partial charge in [0, 0.05) is 17.1 Å². The number of aromatic nitrogens is 2. The summed E-state index contributed by atoms with van der Waals surface area (Å²) in [5, 5.41) is 9.73. The number of rotatable bonds is 8. The maximum absolute atomic E-state index is 6.44. The van der Waals surface area contributed by atoms with Gasteiger partial charge in [-0.2, -0.15) is 5.10 Å². The number of pyridine rings is 1. The van der Waals surface area contributed by atoms with E-state index in [1.165, 1.54) is 25.7 Å². The number of unbranched alkanes of at least 4 members (excludes halogenated alkanes) is 3. The fourth-order valence-corrected chi connectivity index (χ4v) is 3.73. The number of hydrogen-bond donors (Lipinski definition) is 1. The summed E-state index contributed by atoms with van der Waals surface area (Å²) in [5.74, 6) is 0. The third kappa shape index (κ3) is 3.99. The average molecular weight is 390 g/mol. The molecule has 3 rings (SSSR count). The quantitative estimate of drug-likeness (QED) is 0.426. The molecule has 3 nitrogen and oxygen atoms in total. The first kappa shape index (κ1) is 19.1. The van der Waals surface area contributed by atoms with Crippen molar-refractivity contribution >= 4 is 34.4 Å². The van der Waals surface area contributed by atoms with Crippen molar-refractivity contribution in [2.24, 2.45) is 0 Å². The molecule has 1 aromatic carbocycles. The van der Waals surface area contributed by atoms with Gasteiger partial charge < -0.3 is 5.32 Å². The molecule has 0 aliphatic carbocycles. The fraction of sp³-hybridized carbons (Fsp3) is 0.381. The lowest BCUT2D eigenvalue weighted by molar-refractivity contribution is 0.685. The van der Waals surface area contributed by atoms with Crippen LogP contribution in [-0.4, -0.2) is 16.2 Å². The Morgan fingerprint density at radius 1 is 1.04 bits per heavy atom. The van der Waals surface area contributed by atoms with Crippen LogP contribution in [0, 0.1) is 0 Å². The standard InChI is InChI=1S/C21H25Cl2N3/c1-3-5-6-7-13-24-21-18(4-2)25-26-19(9-8-10-20(21)26)16-12-11-15(22)14-17(16)23/h8-12,14,24H,3-7,13H2,1-2H3. The van der Waals surface area contributed by atoms with Crippen molar-refractivity contribution in [2.75, 3.05) is 11.9 Å². The normalized spacial score (nSPS) is 11.2. The zero-order valence-electron chi connectivity index (χ0n) is 15.4.